The zero-order chi connectivity index (χ0) is 19.9. The highest BCUT2D eigenvalue weighted by atomic mass is 35.5. The number of benzene rings is 2. The highest BCUT2D eigenvalue weighted by molar-refractivity contribution is 7.99. The first-order valence-corrected chi connectivity index (χ1v) is 11.2. The lowest BCUT2D eigenvalue weighted by atomic mass is 9.99. The van der Waals surface area contributed by atoms with E-state index in [0.29, 0.717) is 28.6 Å². The molecule has 28 heavy (non-hydrogen) atoms. The van der Waals surface area contributed by atoms with Crippen molar-refractivity contribution >= 4 is 35.0 Å². The first-order chi connectivity index (χ1) is 13.5. The SMILES string of the molecule is C[C@@H]1CCCN(c2ccc(CNC(=O)CSCc3ccc(Cl)cc3F)cc2)C1. The average molecular weight is 421 g/mol. The maximum Gasteiger partial charge on any atom is 0.230 e. The van der Waals surface area contributed by atoms with Crippen LogP contribution in [0, 0.1) is 11.7 Å². The van der Waals surface area contributed by atoms with Gasteiger partial charge < -0.3 is 10.2 Å². The molecule has 2 aromatic rings. The number of anilines is 1. The predicted molar refractivity (Wildman–Crippen MR) is 116 cm³/mol. The molecule has 1 fully saturated rings. The Balaban J connectivity index is 1.40. The zero-order valence-corrected chi connectivity index (χ0v) is 17.7. The normalized spacial score (nSPS) is 16.8. The van der Waals surface area contributed by atoms with E-state index in [2.05, 4.69) is 41.4 Å². The summed E-state index contributed by atoms with van der Waals surface area (Å²) < 4.78 is 13.7. The van der Waals surface area contributed by atoms with E-state index in [4.69, 9.17) is 11.6 Å². The van der Waals surface area contributed by atoms with Crippen LogP contribution in [0.15, 0.2) is 42.5 Å². The minimum Gasteiger partial charge on any atom is -0.371 e. The molecule has 150 valence electrons. The molecule has 1 N–H and O–H groups in total. The maximum absolute atomic E-state index is 13.7. The van der Waals surface area contributed by atoms with Gasteiger partial charge in [0.05, 0.1) is 5.75 Å². The van der Waals surface area contributed by atoms with E-state index in [1.54, 1.807) is 12.1 Å². The first-order valence-electron chi connectivity index (χ1n) is 9.63. The summed E-state index contributed by atoms with van der Waals surface area (Å²) in [5.41, 5.74) is 2.89. The number of nitrogens with one attached hydrogen (secondary N) is 1. The molecule has 3 nitrogen and oxygen atoms in total. The number of thioether (sulfide) groups is 1. The van der Waals surface area contributed by atoms with Gasteiger partial charge in [-0.3, -0.25) is 4.79 Å². The Hall–Kier alpha value is -1.72. The predicted octanol–water partition coefficient (Wildman–Crippen LogP) is 5.27. The van der Waals surface area contributed by atoms with Gasteiger partial charge in [0.15, 0.2) is 0 Å². The number of halogens is 2. The molecular formula is C22H26ClFN2OS. The third-order valence-electron chi connectivity index (χ3n) is 4.95. The van der Waals surface area contributed by atoms with Crippen LogP contribution in [-0.2, 0) is 17.1 Å². The van der Waals surface area contributed by atoms with Crippen LogP contribution in [0.4, 0.5) is 10.1 Å². The molecule has 1 atom stereocenters. The molecule has 2 aromatic carbocycles. The summed E-state index contributed by atoms with van der Waals surface area (Å²) in [5.74, 6) is 1.11. The molecule has 1 amide bonds. The Morgan fingerprint density at radius 3 is 2.79 bits per heavy atom. The minimum absolute atomic E-state index is 0.0479. The van der Waals surface area contributed by atoms with Crippen molar-refractivity contribution in [2.24, 2.45) is 5.92 Å². The summed E-state index contributed by atoms with van der Waals surface area (Å²) in [6, 6.07) is 13.0. The highest BCUT2D eigenvalue weighted by Gasteiger charge is 2.16. The van der Waals surface area contributed by atoms with E-state index >= 15 is 0 Å². The Labute approximate surface area is 175 Å². The number of hydrogen-bond acceptors (Lipinski definition) is 3. The van der Waals surface area contributed by atoms with Crippen molar-refractivity contribution in [3.8, 4) is 0 Å². The molecule has 1 aliphatic heterocycles. The number of carbonyl (C=O) groups excluding carboxylic acids is 1. The van der Waals surface area contributed by atoms with Gasteiger partial charge in [-0.1, -0.05) is 36.7 Å². The van der Waals surface area contributed by atoms with Gasteiger partial charge in [-0.05, 0) is 54.2 Å². The van der Waals surface area contributed by atoms with E-state index in [1.807, 2.05) is 0 Å². The van der Waals surface area contributed by atoms with E-state index in [9.17, 15) is 9.18 Å². The van der Waals surface area contributed by atoms with Crippen LogP contribution in [-0.4, -0.2) is 24.7 Å². The number of piperidine rings is 1. The van der Waals surface area contributed by atoms with Crippen LogP contribution < -0.4 is 10.2 Å². The lowest BCUT2D eigenvalue weighted by Crippen LogP contribution is -2.34. The lowest BCUT2D eigenvalue weighted by molar-refractivity contribution is -0.118. The number of carbonyl (C=O) groups is 1. The largest absolute Gasteiger partial charge is 0.371 e. The number of rotatable bonds is 7. The van der Waals surface area contributed by atoms with Crippen LogP contribution in [0.25, 0.3) is 0 Å². The second-order valence-corrected chi connectivity index (χ2v) is 8.79. The molecule has 3 rings (SSSR count). The van der Waals surface area contributed by atoms with Crippen LogP contribution >= 0.6 is 23.4 Å². The molecule has 6 heteroatoms. The summed E-state index contributed by atoms with van der Waals surface area (Å²) in [6.07, 6.45) is 2.56. The standard InChI is InChI=1S/C22H26ClFN2OS/c1-16-3-2-10-26(13-16)20-8-4-17(5-9-20)12-25-22(27)15-28-14-18-6-7-19(23)11-21(18)24/h4-9,11,16H,2-3,10,12-15H2,1H3,(H,25,27)/t16-/m1/s1. The van der Waals surface area contributed by atoms with Gasteiger partial charge in [0, 0.05) is 36.1 Å². The van der Waals surface area contributed by atoms with Crippen LogP contribution in [0.5, 0.6) is 0 Å². The number of nitrogens with zero attached hydrogens (tertiary/aromatic N) is 1. The fourth-order valence-corrected chi connectivity index (χ4v) is 4.39. The first kappa shape index (κ1) is 21.0. The van der Waals surface area contributed by atoms with E-state index in [1.165, 1.54) is 36.4 Å². The summed E-state index contributed by atoms with van der Waals surface area (Å²) in [5, 5.41) is 3.31. The van der Waals surface area contributed by atoms with Crippen molar-refractivity contribution in [2.45, 2.75) is 32.1 Å². The summed E-state index contributed by atoms with van der Waals surface area (Å²) in [7, 11) is 0. The topological polar surface area (TPSA) is 32.3 Å². The zero-order valence-electron chi connectivity index (χ0n) is 16.1. The fraction of sp³-hybridized carbons (Fsp3) is 0.409. The molecule has 1 saturated heterocycles. The summed E-state index contributed by atoms with van der Waals surface area (Å²) >= 11 is 7.14. The third kappa shape index (κ3) is 6.14. The second-order valence-electron chi connectivity index (χ2n) is 7.37. The van der Waals surface area contributed by atoms with Crippen molar-refractivity contribution in [3.05, 3.63) is 64.4 Å². The van der Waals surface area contributed by atoms with Gasteiger partial charge in [0.25, 0.3) is 0 Å². The summed E-state index contributed by atoms with van der Waals surface area (Å²) in [6.45, 7) is 5.04. The van der Waals surface area contributed by atoms with Gasteiger partial charge in [-0.2, -0.15) is 0 Å². The Kier molecular flexibility index (Phi) is 7.63. The van der Waals surface area contributed by atoms with E-state index in [-0.39, 0.29) is 11.7 Å². The minimum atomic E-state index is -0.330. The third-order valence-corrected chi connectivity index (χ3v) is 6.17. The quantitative estimate of drug-likeness (QED) is 0.662. The van der Waals surface area contributed by atoms with Crippen molar-refractivity contribution in [1.82, 2.24) is 5.32 Å². The average Bonchev–Trinajstić information content (AvgIpc) is 2.68. The Morgan fingerprint density at radius 1 is 1.29 bits per heavy atom. The molecule has 0 spiro atoms. The van der Waals surface area contributed by atoms with Crippen LogP contribution in [0.2, 0.25) is 5.02 Å². The fourth-order valence-electron chi connectivity index (χ4n) is 3.39. The molecule has 1 aliphatic rings. The van der Waals surface area contributed by atoms with Crippen molar-refractivity contribution < 1.29 is 9.18 Å². The maximum atomic E-state index is 13.7. The summed E-state index contributed by atoms with van der Waals surface area (Å²) in [4.78, 5) is 14.5. The molecule has 0 aliphatic carbocycles. The van der Waals surface area contributed by atoms with Crippen molar-refractivity contribution in [1.29, 1.82) is 0 Å². The smallest absolute Gasteiger partial charge is 0.230 e. The molecule has 0 aromatic heterocycles. The van der Waals surface area contributed by atoms with Crippen molar-refractivity contribution in [2.75, 3.05) is 23.7 Å². The molecule has 0 radical (unpaired) electrons. The molecular weight excluding hydrogens is 395 g/mol. The van der Waals surface area contributed by atoms with Gasteiger partial charge in [0.2, 0.25) is 5.91 Å². The number of hydrogen-bond donors (Lipinski definition) is 1. The Morgan fingerprint density at radius 2 is 2.07 bits per heavy atom. The highest BCUT2D eigenvalue weighted by Crippen LogP contribution is 2.23. The number of amides is 1. The van der Waals surface area contributed by atoms with E-state index < -0.39 is 0 Å². The van der Waals surface area contributed by atoms with Gasteiger partial charge >= 0.3 is 0 Å². The van der Waals surface area contributed by atoms with Crippen molar-refractivity contribution in [3.63, 3.8) is 0 Å². The van der Waals surface area contributed by atoms with Crippen LogP contribution in [0.3, 0.4) is 0 Å². The lowest BCUT2D eigenvalue weighted by Gasteiger charge is -2.32. The Bertz CT molecular complexity index is 800. The molecule has 0 unspecified atom stereocenters. The van der Waals surface area contributed by atoms with Crippen LogP contribution in [0.1, 0.15) is 30.9 Å². The van der Waals surface area contributed by atoms with Gasteiger partial charge in [-0.15, -0.1) is 11.8 Å². The monoisotopic (exact) mass is 420 g/mol. The van der Waals surface area contributed by atoms with Gasteiger partial charge in [-0.25, -0.2) is 4.39 Å². The van der Waals surface area contributed by atoms with Gasteiger partial charge in [0.1, 0.15) is 5.82 Å². The molecule has 0 bridgehead atoms. The molecule has 0 saturated carbocycles. The molecule has 1 heterocycles. The second kappa shape index (κ2) is 10.2. The van der Waals surface area contributed by atoms with E-state index in [0.717, 1.165) is 24.6 Å².